The lowest BCUT2D eigenvalue weighted by molar-refractivity contribution is 0.584. The van der Waals surface area contributed by atoms with Crippen LogP contribution in [0.1, 0.15) is 4.88 Å². The first kappa shape index (κ1) is 7.58. The molecule has 0 saturated carbocycles. The van der Waals surface area contributed by atoms with Crippen LogP contribution in [0.4, 0.5) is 0 Å². The van der Waals surface area contributed by atoms with Gasteiger partial charge in [-0.05, 0) is 24.3 Å². The molecule has 0 radical (unpaired) electrons. The predicted molar refractivity (Wildman–Crippen MR) is 49.9 cm³/mol. The first-order valence-electron chi connectivity index (χ1n) is 3.73. The minimum Gasteiger partial charge on any atom is -0.464 e. The first-order valence-corrected chi connectivity index (χ1v) is 4.54. The second kappa shape index (κ2) is 3.13. The summed E-state index contributed by atoms with van der Waals surface area (Å²) in [5.41, 5.74) is 5.50. The van der Waals surface area contributed by atoms with Crippen molar-refractivity contribution in [2.75, 3.05) is 0 Å². The van der Waals surface area contributed by atoms with Crippen molar-refractivity contribution in [3.8, 4) is 10.6 Å². The van der Waals surface area contributed by atoms with Crippen molar-refractivity contribution in [1.29, 1.82) is 0 Å². The van der Waals surface area contributed by atoms with Crippen molar-refractivity contribution in [2.45, 2.75) is 6.54 Å². The van der Waals surface area contributed by atoms with E-state index in [1.165, 1.54) is 4.88 Å². The van der Waals surface area contributed by atoms with E-state index in [9.17, 15) is 0 Å². The Balaban J connectivity index is 2.35. The average Bonchev–Trinajstić information content (AvgIpc) is 2.75. The van der Waals surface area contributed by atoms with E-state index in [0.717, 1.165) is 10.6 Å². The molecule has 0 aliphatic heterocycles. The van der Waals surface area contributed by atoms with Gasteiger partial charge in [-0.25, -0.2) is 0 Å². The minimum atomic E-state index is 0.603. The number of hydrogen-bond acceptors (Lipinski definition) is 3. The van der Waals surface area contributed by atoms with Crippen molar-refractivity contribution in [3.63, 3.8) is 0 Å². The van der Waals surface area contributed by atoms with E-state index in [2.05, 4.69) is 0 Å². The van der Waals surface area contributed by atoms with E-state index in [4.69, 9.17) is 10.2 Å². The van der Waals surface area contributed by atoms with Gasteiger partial charge in [0.1, 0.15) is 5.76 Å². The highest BCUT2D eigenvalue weighted by atomic mass is 32.1. The SMILES string of the molecule is NCc1ccc(-c2ccco2)s1. The summed E-state index contributed by atoms with van der Waals surface area (Å²) in [6.07, 6.45) is 1.68. The zero-order valence-corrected chi connectivity index (χ0v) is 7.30. The van der Waals surface area contributed by atoms with Gasteiger partial charge in [0.05, 0.1) is 11.1 Å². The molecule has 2 heterocycles. The highest BCUT2D eigenvalue weighted by molar-refractivity contribution is 7.15. The first-order chi connectivity index (χ1) is 5.90. The number of nitrogens with two attached hydrogens (primary N) is 1. The van der Waals surface area contributed by atoms with Crippen LogP contribution in [0.5, 0.6) is 0 Å². The predicted octanol–water partition coefficient (Wildman–Crippen LogP) is 2.47. The Morgan fingerprint density at radius 1 is 1.33 bits per heavy atom. The Kier molecular flexibility index (Phi) is 1.98. The smallest absolute Gasteiger partial charge is 0.143 e. The Labute approximate surface area is 74.6 Å². The van der Waals surface area contributed by atoms with Crippen molar-refractivity contribution in [1.82, 2.24) is 0 Å². The van der Waals surface area contributed by atoms with E-state index >= 15 is 0 Å². The Morgan fingerprint density at radius 3 is 2.83 bits per heavy atom. The highest BCUT2D eigenvalue weighted by Crippen LogP contribution is 2.27. The van der Waals surface area contributed by atoms with Crippen molar-refractivity contribution < 1.29 is 4.42 Å². The third kappa shape index (κ3) is 1.29. The summed E-state index contributed by atoms with van der Waals surface area (Å²) in [6.45, 7) is 0.603. The van der Waals surface area contributed by atoms with Crippen LogP contribution in [0.25, 0.3) is 10.6 Å². The second-order valence-electron chi connectivity index (χ2n) is 2.45. The fourth-order valence-corrected chi connectivity index (χ4v) is 1.89. The van der Waals surface area contributed by atoms with E-state index in [-0.39, 0.29) is 0 Å². The maximum atomic E-state index is 5.50. The van der Waals surface area contributed by atoms with Gasteiger partial charge >= 0.3 is 0 Å². The standard InChI is InChI=1S/C9H9NOS/c10-6-7-3-4-9(12-7)8-2-1-5-11-8/h1-5H,6,10H2. The molecule has 0 atom stereocenters. The van der Waals surface area contributed by atoms with E-state index in [0.29, 0.717) is 6.54 Å². The van der Waals surface area contributed by atoms with E-state index in [1.54, 1.807) is 17.6 Å². The summed E-state index contributed by atoms with van der Waals surface area (Å²) in [4.78, 5) is 2.32. The van der Waals surface area contributed by atoms with Gasteiger partial charge < -0.3 is 10.2 Å². The molecule has 0 spiro atoms. The molecule has 0 bridgehead atoms. The normalized spacial score (nSPS) is 10.4. The lowest BCUT2D eigenvalue weighted by Gasteiger charge is -1.87. The molecule has 2 aromatic heterocycles. The molecule has 62 valence electrons. The molecule has 0 unspecified atom stereocenters. The van der Waals surface area contributed by atoms with Crippen LogP contribution in [-0.2, 0) is 6.54 Å². The molecule has 0 aromatic carbocycles. The van der Waals surface area contributed by atoms with Crippen molar-refractivity contribution in [2.24, 2.45) is 5.73 Å². The number of furan rings is 1. The summed E-state index contributed by atoms with van der Waals surface area (Å²) >= 11 is 1.67. The van der Waals surface area contributed by atoms with Crippen LogP contribution < -0.4 is 5.73 Å². The fraction of sp³-hybridized carbons (Fsp3) is 0.111. The molecule has 0 aliphatic rings. The zero-order valence-electron chi connectivity index (χ0n) is 6.49. The monoisotopic (exact) mass is 179 g/mol. The van der Waals surface area contributed by atoms with Crippen LogP contribution in [0.3, 0.4) is 0 Å². The molecule has 0 fully saturated rings. The number of thiophene rings is 1. The molecule has 0 saturated heterocycles. The Hall–Kier alpha value is -1.06. The molecule has 0 aliphatic carbocycles. The van der Waals surface area contributed by atoms with Crippen LogP contribution in [0.15, 0.2) is 34.9 Å². The van der Waals surface area contributed by atoms with Crippen molar-refractivity contribution in [3.05, 3.63) is 35.4 Å². The molecule has 2 rings (SSSR count). The Morgan fingerprint density at radius 2 is 2.25 bits per heavy atom. The lowest BCUT2D eigenvalue weighted by Crippen LogP contribution is -1.90. The van der Waals surface area contributed by atoms with Gasteiger partial charge in [-0.1, -0.05) is 0 Å². The summed E-state index contributed by atoms with van der Waals surface area (Å²) < 4.78 is 5.25. The molecule has 2 aromatic rings. The fourth-order valence-electron chi connectivity index (χ4n) is 1.04. The number of hydrogen-bond donors (Lipinski definition) is 1. The topological polar surface area (TPSA) is 39.2 Å². The molecule has 12 heavy (non-hydrogen) atoms. The van der Waals surface area contributed by atoms with Crippen LogP contribution >= 0.6 is 11.3 Å². The molecule has 2 N–H and O–H groups in total. The molecular formula is C9H9NOS. The highest BCUT2D eigenvalue weighted by Gasteiger charge is 2.02. The molecule has 2 nitrogen and oxygen atoms in total. The lowest BCUT2D eigenvalue weighted by atomic mass is 10.3. The van der Waals surface area contributed by atoms with E-state index < -0.39 is 0 Å². The van der Waals surface area contributed by atoms with Gasteiger partial charge in [-0.3, -0.25) is 0 Å². The summed E-state index contributed by atoms with van der Waals surface area (Å²) in [5, 5.41) is 0. The van der Waals surface area contributed by atoms with Gasteiger partial charge in [0.25, 0.3) is 0 Å². The maximum Gasteiger partial charge on any atom is 0.143 e. The third-order valence-electron chi connectivity index (χ3n) is 1.63. The summed E-state index contributed by atoms with van der Waals surface area (Å²) in [6, 6.07) is 7.90. The van der Waals surface area contributed by atoms with Gasteiger partial charge in [0, 0.05) is 11.4 Å². The second-order valence-corrected chi connectivity index (χ2v) is 3.62. The Bertz CT molecular complexity index is 350. The molecule has 0 amide bonds. The summed E-state index contributed by atoms with van der Waals surface area (Å²) in [7, 11) is 0. The zero-order chi connectivity index (χ0) is 8.39. The van der Waals surface area contributed by atoms with Crippen molar-refractivity contribution >= 4 is 11.3 Å². The third-order valence-corrected chi connectivity index (χ3v) is 2.75. The quantitative estimate of drug-likeness (QED) is 0.769. The van der Waals surface area contributed by atoms with Gasteiger partial charge in [-0.2, -0.15) is 0 Å². The summed E-state index contributed by atoms with van der Waals surface area (Å²) in [5.74, 6) is 0.916. The molecule has 3 heteroatoms. The average molecular weight is 179 g/mol. The largest absolute Gasteiger partial charge is 0.464 e. The van der Waals surface area contributed by atoms with Crippen LogP contribution in [0, 0.1) is 0 Å². The van der Waals surface area contributed by atoms with Crippen LogP contribution in [-0.4, -0.2) is 0 Å². The maximum absolute atomic E-state index is 5.50. The number of rotatable bonds is 2. The minimum absolute atomic E-state index is 0.603. The van der Waals surface area contributed by atoms with E-state index in [1.807, 2.05) is 24.3 Å². The van der Waals surface area contributed by atoms with Gasteiger partial charge in [-0.15, -0.1) is 11.3 Å². The molecular weight excluding hydrogens is 170 g/mol. The van der Waals surface area contributed by atoms with Gasteiger partial charge in [0.2, 0.25) is 0 Å². The van der Waals surface area contributed by atoms with Gasteiger partial charge in [0.15, 0.2) is 0 Å². The van der Waals surface area contributed by atoms with Crippen LogP contribution in [0.2, 0.25) is 0 Å².